The Morgan fingerprint density at radius 3 is 2.24 bits per heavy atom. The molecule has 0 aromatic heterocycles. The van der Waals surface area contributed by atoms with Crippen molar-refractivity contribution in [3.05, 3.63) is 52.5 Å². The molecule has 0 aliphatic rings. The number of halogens is 1. The van der Waals surface area contributed by atoms with Gasteiger partial charge in [0.2, 0.25) is 5.78 Å². The molecule has 0 radical (unpaired) electrons. The van der Waals surface area contributed by atoms with Crippen molar-refractivity contribution < 1.29 is 19.0 Å². The Morgan fingerprint density at radius 1 is 0.905 bits per heavy atom. The molecule has 0 atom stereocenters. The van der Waals surface area contributed by atoms with Gasteiger partial charge in [0.1, 0.15) is 5.75 Å². The van der Waals surface area contributed by atoms with Crippen molar-refractivity contribution in [1.29, 1.82) is 0 Å². The SMILES string of the molecule is COc1ccc(Cl)cc1C(=O)c1cccc(OC)c1OC. The van der Waals surface area contributed by atoms with E-state index in [0.29, 0.717) is 33.4 Å². The molecule has 5 heteroatoms. The number of hydrogen-bond donors (Lipinski definition) is 0. The molecule has 110 valence electrons. The monoisotopic (exact) mass is 306 g/mol. The molecule has 0 saturated heterocycles. The van der Waals surface area contributed by atoms with Crippen LogP contribution in [0.15, 0.2) is 36.4 Å². The zero-order valence-corrected chi connectivity index (χ0v) is 12.7. The van der Waals surface area contributed by atoms with E-state index in [4.69, 9.17) is 25.8 Å². The minimum Gasteiger partial charge on any atom is -0.496 e. The Kier molecular flexibility index (Phi) is 4.70. The van der Waals surface area contributed by atoms with Crippen molar-refractivity contribution in [1.82, 2.24) is 0 Å². The molecule has 0 aliphatic heterocycles. The van der Waals surface area contributed by atoms with Crippen LogP contribution in [-0.4, -0.2) is 27.1 Å². The van der Waals surface area contributed by atoms with Gasteiger partial charge in [-0.05, 0) is 30.3 Å². The summed E-state index contributed by atoms with van der Waals surface area (Å²) in [5.41, 5.74) is 0.758. The summed E-state index contributed by atoms with van der Waals surface area (Å²) in [4.78, 5) is 12.8. The first kappa shape index (κ1) is 15.2. The van der Waals surface area contributed by atoms with Gasteiger partial charge in [-0.2, -0.15) is 0 Å². The lowest BCUT2D eigenvalue weighted by atomic mass is 10.0. The Bertz CT molecular complexity index is 667. The summed E-state index contributed by atoms with van der Waals surface area (Å²) in [6, 6.07) is 10.0. The second-order valence-corrected chi connectivity index (χ2v) is 4.65. The molecule has 0 saturated carbocycles. The Morgan fingerprint density at radius 2 is 1.62 bits per heavy atom. The van der Waals surface area contributed by atoms with Gasteiger partial charge in [-0.15, -0.1) is 0 Å². The summed E-state index contributed by atoms with van der Waals surface area (Å²) in [6.45, 7) is 0. The maximum Gasteiger partial charge on any atom is 0.200 e. The molecular formula is C16H15ClO4. The zero-order valence-electron chi connectivity index (χ0n) is 12.0. The molecule has 21 heavy (non-hydrogen) atoms. The number of carbonyl (C=O) groups is 1. The molecule has 4 nitrogen and oxygen atoms in total. The van der Waals surface area contributed by atoms with Gasteiger partial charge in [0, 0.05) is 5.02 Å². The van der Waals surface area contributed by atoms with E-state index < -0.39 is 0 Å². The van der Waals surface area contributed by atoms with Gasteiger partial charge >= 0.3 is 0 Å². The van der Waals surface area contributed by atoms with Gasteiger partial charge in [0.15, 0.2) is 11.5 Å². The predicted octanol–water partition coefficient (Wildman–Crippen LogP) is 3.60. The second-order valence-electron chi connectivity index (χ2n) is 4.21. The van der Waals surface area contributed by atoms with Gasteiger partial charge in [-0.3, -0.25) is 4.79 Å². The summed E-state index contributed by atoms with van der Waals surface area (Å²) in [6.07, 6.45) is 0. The molecule has 0 bridgehead atoms. The van der Waals surface area contributed by atoms with Crippen molar-refractivity contribution in [3.8, 4) is 17.2 Å². The molecule has 0 heterocycles. The van der Waals surface area contributed by atoms with Crippen LogP contribution in [0.3, 0.4) is 0 Å². The summed E-state index contributed by atoms with van der Waals surface area (Å²) < 4.78 is 15.7. The molecule has 0 fully saturated rings. The third-order valence-electron chi connectivity index (χ3n) is 3.05. The number of carbonyl (C=O) groups excluding carboxylic acids is 1. The third kappa shape index (κ3) is 2.95. The van der Waals surface area contributed by atoms with Crippen LogP contribution in [0.4, 0.5) is 0 Å². The number of para-hydroxylation sites is 1. The van der Waals surface area contributed by atoms with E-state index in [2.05, 4.69) is 0 Å². The first-order chi connectivity index (χ1) is 10.1. The van der Waals surface area contributed by atoms with E-state index in [1.54, 1.807) is 36.4 Å². The topological polar surface area (TPSA) is 44.8 Å². The van der Waals surface area contributed by atoms with E-state index in [-0.39, 0.29) is 5.78 Å². The number of ketones is 1. The fraction of sp³-hybridized carbons (Fsp3) is 0.188. The van der Waals surface area contributed by atoms with Gasteiger partial charge < -0.3 is 14.2 Å². The van der Waals surface area contributed by atoms with Crippen LogP contribution in [0.2, 0.25) is 5.02 Å². The van der Waals surface area contributed by atoms with Crippen molar-refractivity contribution in [2.24, 2.45) is 0 Å². The molecule has 0 amide bonds. The van der Waals surface area contributed by atoms with E-state index in [1.165, 1.54) is 21.3 Å². The van der Waals surface area contributed by atoms with Crippen molar-refractivity contribution >= 4 is 17.4 Å². The van der Waals surface area contributed by atoms with Gasteiger partial charge in [0.05, 0.1) is 32.5 Å². The molecule has 2 aromatic carbocycles. The molecule has 0 aliphatic carbocycles. The fourth-order valence-electron chi connectivity index (χ4n) is 2.07. The lowest BCUT2D eigenvalue weighted by molar-refractivity contribution is 0.103. The van der Waals surface area contributed by atoms with Gasteiger partial charge in [-0.1, -0.05) is 17.7 Å². The van der Waals surface area contributed by atoms with Crippen LogP contribution >= 0.6 is 11.6 Å². The number of rotatable bonds is 5. The highest BCUT2D eigenvalue weighted by Gasteiger charge is 2.21. The molecule has 0 N–H and O–H groups in total. The molecule has 0 spiro atoms. The number of benzene rings is 2. The molecular weight excluding hydrogens is 292 g/mol. The summed E-state index contributed by atoms with van der Waals surface area (Å²) in [5.74, 6) is 1.08. The Hall–Kier alpha value is -2.20. The number of ether oxygens (including phenoxy) is 3. The first-order valence-electron chi connectivity index (χ1n) is 6.21. The van der Waals surface area contributed by atoms with E-state index in [9.17, 15) is 4.79 Å². The largest absolute Gasteiger partial charge is 0.496 e. The smallest absolute Gasteiger partial charge is 0.200 e. The normalized spacial score (nSPS) is 10.1. The fourth-order valence-corrected chi connectivity index (χ4v) is 2.24. The highest BCUT2D eigenvalue weighted by Crippen LogP contribution is 2.34. The minimum absolute atomic E-state index is 0.245. The van der Waals surface area contributed by atoms with E-state index in [0.717, 1.165) is 0 Å². The number of hydrogen-bond acceptors (Lipinski definition) is 4. The van der Waals surface area contributed by atoms with Crippen LogP contribution in [0, 0.1) is 0 Å². The zero-order chi connectivity index (χ0) is 15.4. The van der Waals surface area contributed by atoms with Crippen molar-refractivity contribution in [2.45, 2.75) is 0 Å². The van der Waals surface area contributed by atoms with Gasteiger partial charge in [0.25, 0.3) is 0 Å². The third-order valence-corrected chi connectivity index (χ3v) is 3.29. The lowest BCUT2D eigenvalue weighted by Gasteiger charge is -2.13. The second kappa shape index (κ2) is 6.50. The maximum atomic E-state index is 12.8. The van der Waals surface area contributed by atoms with Gasteiger partial charge in [-0.25, -0.2) is 0 Å². The lowest BCUT2D eigenvalue weighted by Crippen LogP contribution is -2.07. The van der Waals surface area contributed by atoms with Crippen LogP contribution < -0.4 is 14.2 Å². The highest BCUT2D eigenvalue weighted by atomic mass is 35.5. The minimum atomic E-state index is -0.245. The Labute approximate surface area is 128 Å². The standard InChI is InChI=1S/C16H15ClO4/c1-19-13-8-7-10(17)9-12(13)15(18)11-5-4-6-14(20-2)16(11)21-3/h4-9H,1-3H3. The predicted molar refractivity (Wildman–Crippen MR) is 81.0 cm³/mol. The van der Waals surface area contributed by atoms with Crippen LogP contribution in [-0.2, 0) is 0 Å². The van der Waals surface area contributed by atoms with Crippen LogP contribution in [0.25, 0.3) is 0 Å². The first-order valence-corrected chi connectivity index (χ1v) is 6.59. The molecule has 0 unspecified atom stereocenters. The summed E-state index contributed by atoms with van der Waals surface area (Å²) >= 11 is 5.97. The Balaban J connectivity index is 2.57. The average molecular weight is 307 g/mol. The van der Waals surface area contributed by atoms with E-state index >= 15 is 0 Å². The quantitative estimate of drug-likeness (QED) is 0.792. The molecule has 2 rings (SSSR count). The van der Waals surface area contributed by atoms with E-state index in [1.807, 2.05) is 0 Å². The van der Waals surface area contributed by atoms with Crippen molar-refractivity contribution in [3.63, 3.8) is 0 Å². The average Bonchev–Trinajstić information content (AvgIpc) is 2.53. The van der Waals surface area contributed by atoms with Crippen LogP contribution in [0.5, 0.6) is 17.2 Å². The van der Waals surface area contributed by atoms with Crippen LogP contribution in [0.1, 0.15) is 15.9 Å². The summed E-state index contributed by atoms with van der Waals surface area (Å²) in [5, 5.41) is 0.459. The molecule has 2 aromatic rings. The number of methoxy groups -OCH3 is 3. The van der Waals surface area contributed by atoms with Crippen molar-refractivity contribution in [2.75, 3.05) is 21.3 Å². The maximum absolute atomic E-state index is 12.8. The summed E-state index contributed by atoms with van der Waals surface area (Å²) in [7, 11) is 4.51. The highest BCUT2D eigenvalue weighted by molar-refractivity contribution is 6.31.